The fraction of sp³-hybridized carbons (Fsp3) is 0.273. The molecule has 1 heterocycles. The van der Waals surface area contributed by atoms with E-state index in [1.54, 1.807) is 19.1 Å². The van der Waals surface area contributed by atoms with Gasteiger partial charge in [0.15, 0.2) is 0 Å². The molecule has 1 atom stereocenters. The minimum Gasteiger partial charge on any atom is -0.280 e. The van der Waals surface area contributed by atoms with E-state index < -0.39 is 12.1 Å². The number of urea groups is 1. The van der Waals surface area contributed by atoms with Crippen molar-refractivity contribution in [3.63, 3.8) is 0 Å². The molecular formula is C11H12N2O3. The van der Waals surface area contributed by atoms with Crippen LogP contribution < -0.4 is 4.90 Å². The first-order chi connectivity index (χ1) is 7.66. The Morgan fingerprint density at radius 2 is 1.81 bits per heavy atom. The summed E-state index contributed by atoms with van der Waals surface area (Å²) in [5, 5.41) is 0.775. The van der Waals surface area contributed by atoms with Crippen LogP contribution in [0.25, 0.3) is 0 Å². The van der Waals surface area contributed by atoms with Crippen molar-refractivity contribution in [2.24, 2.45) is 0 Å². The Bertz CT molecular complexity index is 418. The molecule has 1 aliphatic rings. The summed E-state index contributed by atoms with van der Waals surface area (Å²) in [4.78, 5) is 29.7. The second kappa shape index (κ2) is 3.94. The van der Waals surface area contributed by atoms with E-state index in [9.17, 15) is 9.59 Å². The van der Waals surface area contributed by atoms with Crippen molar-refractivity contribution in [3.8, 4) is 0 Å². The summed E-state index contributed by atoms with van der Waals surface area (Å²) >= 11 is 0. The van der Waals surface area contributed by atoms with Crippen molar-refractivity contribution in [1.82, 2.24) is 5.06 Å². The summed E-state index contributed by atoms with van der Waals surface area (Å²) in [6.45, 7) is 1.67. The molecule has 5 nitrogen and oxygen atoms in total. The van der Waals surface area contributed by atoms with E-state index in [0.717, 1.165) is 5.06 Å². The molecule has 1 unspecified atom stereocenters. The number of para-hydroxylation sites is 1. The first kappa shape index (κ1) is 10.6. The molecule has 3 amide bonds. The number of hydroxylamine groups is 2. The van der Waals surface area contributed by atoms with Crippen molar-refractivity contribution < 1.29 is 14.4 Å². The summed E-state index contributed by atoms with van der Waals surface area (Å²) in [6.07, 6.45) is 0. The molecule has 16 heavy (non-hydrogen) atoms. The lowest BCUT2D eigenvalue weighted by atomic mass is 10.2. The largest absolute Gasteiger partial charge is 0.356 e. The van der Waals surface area contributed by atoms with E-state index in [2.05, 4.69) is 0 Å². The molecule has 0 aliphatic carbocycles. The maximum atomic E-state index is 11.9. The quantitative estimate of drug-likeness (QED) is 0.708. The summed E-state index contributed by atoms with van der Waals surface area (Å²) in [6, 6.07) is 8.05. The van der Waals surface area contributed by atoms with Crippen LogP contribution in [0.15, 0.2) is 30.3 Å². The zero-order valence-electron chi connectivity index (χ0n) is 9.08. The Hall–Kier alpha value is -1.88. The maximum Gasteiger partial charge on any atom is 0.356 e. The van der Waals surface area contributed by atoms with Gasteiger partial charge in [0.1, 0.15) is 6.04 Å². The van der Waals surface area contributed by atoms with Gasteiger partial charge in [-0.1, -0.05) is 18.2 Å². The minimum atomic E-state index is -0.533. The van der Waals surface area contributed by atoms with E-state index >= 15 is 0 Å². The Morgan fingerprint density at radius 1 is 1.19 bits per heavy atom. The highest BCUT2D eigenvalue weighted by Gasteiger charge is 2.44. The van der Waals surface area contributed by atoms with Gasteiger partial charge in [-0.05, 0) is 19.1 Å². The molecule has 84 valence electrons. The van der Waals surface area contributed by atoms with Gasteiger partial charge in [-0.25, -0.2) is 4.79 Å². The monoisotopic (exact) mass is 220 g/mol. The lowest BCUT2D eigenvalue weighted by Crippen LogP contribution is -2.33. The molecule has 0 saturated carbocycles. The van der Waals surface area contributed by atoms with E-state index in [-0.39, 0.29) is 5.91 Å². The maximum absolute atomic E-state index is 11.9. The van der Waals surface area contributed by atoms with Crippen LogP contribution in [0.5, 0.6) is 0 Å². The molecule has 0 N–H and O–H groups in total. The SMILES string of the molecule is CON1C(=O)C(C)N(c2ccccc2)C1=O. The second-order valence-corrected chi connectivity index (χ2v) is 3.48. The van der Waals surface area contributed by atoms with Crippen molar-refractivity contribution in [2.45, 2.75) is 13.0 Å². The Morgan fingerprint density at radius 3 is 2.31 bits per heavy atom. The number of hydrogen-bond donors (Lipinski definition) is 0. The fourth-order valence-electron chi connectivity index (χ4n) is 1.73. The number of amides is 3. The topological polar surface area (TPSA) is 49.9 Å². The van der Waals surface area contributed by atoms with Crippen LogP contribution in [0.2, 0.25) is 0 Å². The third-order valence-corrected chi connectivity index (χ3v) is 2.54. The molecule has 1 saturated heterocycles. The number of benzene rings is 1. The smallest absolute Gasteiger partial charge is 0.280 e. The molecule has 1 aromatic carbocycles. The lowest BCUT2D eigenvalue weighted by molar-refractivity contribution is -0.155. The molecule has 0 radical (unpaired) electrons. The van der Waals surface area contributed by atoms with E-state index in [4.69, 9.17) is 4.84 Å². The second-order valence-electron chi connectivity index (χ2n) is 3.48. The van der Waals surface area contributed by atoms with Crippen LogP contribution in [-0.2, 0) is 9.63 Å². The predicted molar refractivity (Wildman–Crippen MR) is 57.6 cm³/mol. The minimum absolute atomic E-state index is 0.351. The van der Waals surface area contributed by atoms with Gasteiger partial charge in [-0.15, -0.1) is 5.06 Å². The van der Waals surface area contributed by atoms with E-state index in [0.29, 0.717) is 5.69 Å². The summed E-state index contributed by atoms with van der Waals surface area (Å²) in [7, 11) is 1.30. The third-order valence-electron chi connectivity index (χ3n) is 2.54. The molecule has 0 bridgehead atoms. The summed E-state index contributed by atoms with van der Waals surface area (Å²) in [5.74, 6) is -0.351. The van der Waals surface area contributed by atoms with Gasteiger partial charge in [0.2, 0.25) is 0 Å². The first-order valence-corrected chi connectivity index (χ1v) is 4.93. The van der Waals surface area contributed by atoms with Crippen LogP contribution in [0.4, 0.5) is 10.5 Å². The average molecular weight is 220 g/mol. The molecule has 5 heteroatoms. The Balaban J connectivity index is 2.37. The number of carbonyl (C=O) groups is 2. The van der Waals surface area contributed by atoms with Crippen molar-refractivity contribution in [1.29, 1.82) is 0 Å². The molecule has 2 rings (SSSR count). The first-order valence-electron chi connectivity index (χ1n) is 4.93. The molecular weight excluding hydrogens is 208 g/mol. The lowest BCUT2D eigenvalue weighted by Gasteiger charge is -2.18. The normalized spacial score (nSPS) is 20.8. The highest BCUT2D eigenvalue weighted by Crippen LogP contribution is 2.25. The van der Waals surface area contributed by atoms with Crippen LogP contribution in [0.3, 0.4) is 0 Å². The van der Waals surface area contributed by atoms with E-state index in [1.165, 1.54) is 12.0 Å². The van der Waals surface area contributed by atoms with Crippen molar-refractivity contribution in [3.05, 3.63) is 30.3 Å². The Kier molecular flexibility index (Phi) is 2.62. The van der Waals surface area contributed by atoms with E-state index in [1.807, 2.05) is 18.2 Å². The predicted octanol–water partition coefficient (Wildman–Crippen LogP) is 1.41. The highest BCUT2D eigenvalue weighted by atomic mass is 16.7. The standard InChI is InChI=1S/C11H12N2O3/c1-8-10(14)13(16-2)11(15)12(8)9-6-4-3-5-7-9/h3-8H,1-2H3. The number of carbonyl (C=O) groups excluding carboxylic acids is 2. The van der Waals surface area contributed by atoms with Gasteiger partial charge in [0.25, 0.3) is 5.91 Å². The highest BCUT2D eigenvalue weighted by molar-refractivity contribution is 6.13. The van der Waals surface area contributed by atoms with Crippen molar-refractivity contribution >= 4 is 17.6 Å². The van der Waals surface area contributed by atoms with Gasteiger partial charge < -0.3 is 0 Å². The summed E-state index contributed by atoms with van der Waals surface area (Å²) < 4.78 is 0. The van der Waals surface area contributed by atoms with Crippen LogP contribution >= 0.6 is 0 Å². The number of anilines is 1. The van der Waals surface area contributed by atoms with Gasteiger partial charge >= 0.3 is 6.03 Å². The molecule has 0 spiro atoms. The van der Waals surface area contributed by atoms with Crippen LogP contribution in [-0.4, -0.2) is 30.2 Å². The number of nitrogens with zero attached hydrogens (tertiary/aromatic N) is 2. The van der Waals surface area contributed by atoms with Gasteiger partial charge in [-0.2, -0.15) is 0 Å². The van der Waals surface area contributed by atoms with Crippen molar-refractivity contribution in [2.75, 3.05) is 12.0 Å². The molecule has 1 aliphatic heterocycles. The van der Waals surface area contributed by atoms with Gasteiger partial charge in [-0.3, -0.25) is 14.5 Å². The van der Waals surface area contributed by atoms with Gasteiger partial charge in [0.05, 0.1) is 7.11 Å². The number of hydrogen-bond acceptors (Lipinski definition) is 3. The molecule has 0 aromatic heterocycles. The molecule has 1 aromatic rings. The molecule has 1 fully saturated rings. The third kappa shape index (κ3) is 1.45. The zero-order valence-corrected chi connectivity index (χ0v) is 9.08. The van der Waals surface area contributed by atoms with Crippen LogP contribution in [0, 0.1) is 0 Å². The fourth-order valence-corrected chi connectivity index (χ4v) is 1.73. The van der Waals surface area contributed by atoms with Gasteiger partial charge in [0, 0.05) is 5.69 Å². The number of imide groups is 1. The zero-order chi connectivity index (χ0) is 11.7. The Labute approximate surface area is 93.2 Å². The summed E-state index contributed by atoms with van der Waals surface area (Å²) in [5.41, 5.74) is 0.688. The van der Waals surface area contributed by atoms with Crippen LogP contribution in [0.1, 0.15) is 6.92 Å². The number of rotatable bonds is 2. The average Bonchev–Trinajstić information content (AvgIpc) is 2.51.